The van der Waals surface area contributed by atoms with Crippen molar-refractivity contribution in [3.63, 3.8) is 0 Å². The second-order valence-electron chi connectivity index (χ2n) is 14.5. The molecular weight excluding hydrogens is 536 g/mol. The molecule has 4 aliphatic carbocycles. The van der Waals surface area contributed by atoms with Crippen molar-refractivity contribution in [1.82, 2.24) is 0 Å². The number of aliphatic hydroxyl groups excluding tert-OH is 2. The molecule has 1 unspecified atom stereocenters. The highest BCUT2D eigenvalue weighted by Crippen LogP contribution is 2.75. The van der Waals surface area contributed by atoms with Gasteiger partial charge in [-0.2, -0.15) is 0 Å². The van der Waals surface area contributed by atoms with Gasteiger partial charge in [0, 0.05) is 23.7 Å². The molecule has 0 aromatic carbocycles. The number of unbranched alkanes of at least 4 members (excludes halogenated alkanes) is 4. The predicted molar refractivity (Wildman–Crippen MR) is 158 cm³/mol. The Hall–Kier alpha value is -2.03. The number of esters is 2. The minimum absolute atomic E-state index is 0.0166. The fraction of sp³-hybridized carbons (Fsp3) is 0.794. The highest BCUT2D eigenvalue weighted by Gasteiger charge is 2.83. The molecule has 0 aliphatic heterocycles. The summed E-state index contributed by atoms with van der Waals surface area (Å²) >= 11 is 0. The van der Waals surface area contributed by atoms with Crippen LogP contribution in [0.2, 0.25) is 0 Å². The van der Waals surface area contributed by atoms with Crippen molar-refractivity contribution >= 4 is 17.7 Å². The lowest BCUT2D eigenvalue weighted by Crippen LogP contribution is -2.66. The van der Waals surface area contributed by atoms with Crippen molar-refractivity contribution in [3.05, 3.63) is 23.3 Å². The fourth-order valence-electron chi connectivity index (χ4n) is 8.52. The zero-order valence-electron chi connectivity index (χ0n) is 26.7. The van der Waals surface area contributed by atoms with Crippen molar-refractivity contribution in [2.45, 2.75) is 124 Å². The highest BCUT2D eigenvalue weighted by molar-refractivity contribution is 5.96. The summed E-state index contributed by atoms with van der Waals surface area (Å²) in [6.07, 6.45) is 5.95. The van der Waals surface area contributed by atoms with Crippen molar-refractivity contribution in [1.29, 1.82) is 0 Å². The minimum atomic E-state index is -2.24. The molecule has 0 heterocycles. The molecule has 8 heteroatoms. The van der Waals surface area contributed by atoms with E-state index in [2.05, 4.69) is 6.92 Å². The van der Waals surface area contributed by atoms with Gasteiger partial charge in [0.15, 0.2) is 17.5 Å². The van der Waals surface area contributed by atoms with Crippen LogP contribution in [0.25, 0.3) is 0 Å². The first-order valence-corrected chi connectivity index (χ1v) is 16.0. The Labute approximate surface area is 250 Å². The lowest BCUT2D eigenvalue weighted by Gasteiger charge is -2.49. The number of carbonyl (C=O) groups is 3. The Bertz CT molecular complexity index is 1150. The summed E-state index contributed by atoms with van der Waals surface area (Å²) in [4.78, 5) is 41.2. The van der Waals surface area contributed by atoms with Crippen molar-refractivity contribution in [2.24, 2.45) is 40.4 Å². The van der Waals surface area contributed by atoms with Gasteiger partial charge in [-0.1, -0.05) is 86.3 Å². The second-order valence-corrected chi connectivity index (χ2v) is 14.5. The zero-order chi connectivity index (χ0) is 31.4. The molecule has 0 aromatic rings. The quantitative estimate of drug-likeness (QED) is 0.180. The summed E-state index contributed by atoms with van der Waals surface area (Å²) < 4.78 is 12.3. The standard InChI is InChI=1S/C34H52O8/c1-9-10-11-12-13-14-25(36)42-33-17-21(5)32-16-20(4)29(41-30(39)22(6)19(2)3)34(32,40)27(37)23(18-35)15-24(28(32)38)26(33)31(33,7)8/h15-16,19,21-22,24,26-27,29,35,37,40H,9-14,17-18H2,1-8H3/t21-,22?,24+,26-,27-,29+,32+,33+,34+/m1/s1. The predicted octanol–water partition coefficient (Wildman–Crippen LogP) is 4.68. The molecule has 2 fully saturated rings. The molecular formula is C34H52O8. The molecule has 2 bridgehead atoms. The number of rotatable bonds is 11. The number of fused-ring (bicyclic) bond motifs is 3. The van der Waals surface area contributed by atoms with Gasteiger partial charge < -0.3 is 24.8 Å². The first-order valence-electron chi connectivity index (χ1n) is 16.0. The smallest absolute Gasteiger partial charge is 0.309 e. The summed E-state index contributed by atoms with van der Waals surface area (Å²) in [7, 11) is 0. The topological polar surface area (TPSA) is 130 Å². The summed E-state index contributed by atoms with van der Waals surface area (Å²) in [5, 5.41) is 34.8. The maximum absolute atomic E-state index is 14.8. The largest absolute Gasteiger partial charge is 0.458 e. The Balaban J connectivity index is 1.76. The van der Waals surface area contributed by atoms with E-state index in [1.54, 1.807) is 26.0 Å². The van der Waals surface area contributed by atoms with E-state index in [-0.39, 0.29) is 23.2 Å². The number of carbonyl (C=O) groups excluding carboxylic acids is 3. The number of hydrogen-bond acceptors (Lipinski definition) is 8. The zero-order valence-corrected chi connectivity index (χ0v) is 26.7. The van der Waals surface area contributed by atoms with Crippen LogP contribution < -0.4 is 0 Å². The average Bonchev–Trinajstić information content (AvgIpc) is 3.32. The third-order valence-electron chi connectivity index (χ3n) is 11.4. The number of Topliss-reactive ketones (excluding diaryl/α,β-unsaturated/α-hetero) is 1. The highest BCUT2D eigenvalue weighted by atomic mass is 16.6. The van der Waals surface area contributed by atoms with E-state index >= 15 is 0 Å². The summed E-state index contributed by atoms with van der Waals surface area (Å²) in [5.74, 6) is -3.40. The van der Waals surface area contributed by atoms with Crippen molar-refractivity contribution in [3.8, 4) is 0 Å². The van der Waals surface area contributed by atoms with Gasteiger partial charge in [0.2, 0.25) is 0 Å². The molecule has 42 heavy (non-hydrogen) atoms. The number of allylic oxidation sites excluding steroid dienone is 1. The Morgan fingerprint density at radius 3 is 2.36 bits per heavy atom. The van der Waals surface area contributed by atoms with E-state index in [0.717, 1.165) is 32.1 Å². The van der Waals surface area contributed by atoms with Crippen LogP contribution >= 0.6 is 0 Å². The molecule has 4 rings (SSSR count). The van der Waals surface area contributed by atoms with Gasteiger partial charge in [-0.15, -0.1) is 0 Å². The van der Waals surface area contributed by atoms with Crippen LogP contribution in [0, 0.1) is 40.4 Å². The molecule has 0 radical (unpaired) electrons. The minimum Gasteiger partial charge on any atom is -0.458 e. The number of ketones is 1. The SMILES string of the molecule is CCCCCCCC(=O)O[C@@]12C[C@@H](C)[C@]34C=C(C)[C@H](OC(=O)C(C)C(C)C)[C@@]3(O)[C@H](O)C(CO)=C[C@H](C4=O)[C@@H]1C2(C)C. The lowest BCUT2D eigenvalue weighted by molar-refractivity contribution is -0.206. The molecule has 0 saturated heterocycles. The monoisotopic (exact) mass is 588 g/mol. The molecule has 0 amide bonds. The van der Waals surface area contributed by atoms with Crippen molar-refractivity contribution in [2.75, 3.05) is 6.61 Å². The summed E-state index contributed by atoms with van der Waals surface area (Å²) in [6, 6.07) is 0. The van der Waals surface area contributed by atoms with Gasteiger partial charge in [-0.05, 0) is 42.7 Å². The summed E-state index contributed by atoms with van der Waals surface area (Å²) in [5.41, 5.74) is -4.77. The van der Waals surface area contributed by atoms with Crippen LogP contribution in [0.4, 0.5) is 0 Å². The maximum Gasteiger partial charge on any atom is 0.309 e. The molecule has 9 atom stereocenters. The molecule has 8 nitrogen and oxygen atoms in total. The van der Waals surface area contributed by atoms with Crippen LogP contribution in [-0.4, -0.2) is 63.1 Å². The molecule has 3 N–H and O–H groups in total. The van der Waals surface area contributed by atoms with E-state index in [1.165, 1.54) is 0 Å². The molecule has 4 aliphatic rings. The Kier molecular flexibility index (Phi) is 8.98. The second kappa shape index (κ2) is 11.5. The first kappa shape index (κ1) is 32.9. The molecule has 0 aromatic heterocycles. The van der Waals surface area contributed by atoms with Gasteiger partial charge in [0.05, 0.1) is 17.9 Å². The molecule has 2 saturated carbocycles. The Morgan fingerprint density at radius 2 is 1.76 bits per heavy atom. The van der Waals surface area contributed by atoms with Gasteiger partial charge in [0.25, 0.3) is 0 Å². The van der Waals surface area contributed by atoms with Crippen LogP contribution in [0.15, 0.2) is 23.3 Å². The summed E-state index contributed by atoms with van der Waals surface area (Å²) in [6.45, 7) is 14.6. The molecule has 1 spiro atoms. The van der Waals surface area contributed by atoms with E-state index in [9.17, 15) is 29.7 Å². The third-order valence-corrected chi connectivity index (χ3v) is 11.4. The first-order chi connectivity index (χ1) is 19.6. The van der Waals surface area contributed by atoms with Gasteiger partial charge in [-0.3, -0.25) is 14.4 Å². The van der Waals surface area contributed by atoms with Crippen LogP contribution in [0.1, 0.15) is 100 Å². The fourth-order valence-corrected chi connectivity index (χ4v) is 8.52. The molecule has 236 valence electrons. The maximum atomic E-state index is 14.8. The van der Waals surface area contributed by atoms with Crippen LogP contribution in [-0.2, 0) is 23.9 Å². The van der Waals surface area contributed by atoms with E-state index < -0.39 is 70.5 Å². The van der Waals surface area contributed by atoms with Gasteiger partial charge in [0.1, 0.15) is 11.7 Å². The number of hydrogen-bond donors (Lipinski definition) is 3. The van der Waals surface area contributed by atoms with Crippen LogP contribution in [0.5, 0.6) is 0 Å². The van der Waals surface area contributed by atoms with E-state index in [0.29, 0.717) is 18.4 Å². The lowest BCUT2D eigenvalue weighted by atomic mass is 9.59. The van der Waals surface area contributed by atoms with E-state index in [1.807, 2.05) is 34.6 Å². The number of aliphatic hydroxyl groups is 3. The van der Waals surface area contributed by atoms with E-state index in [4.69, 9.17) is 9.47 Å². The van der Waals surface area contributed by atoms with Gasteiger partial charge >= 0.3 is 11.9 Å². The Morgan fingerprint density at radius 1 is 1.12 bits per heavy atom. The van der Waals surface area contributed by atoms with Crippen molar-refractivity contribution < 1.29 is 39.2 Å². The third kappa shape index (κ3) is 4.62. The number of ether oxygens (including phenoxy) is 2. The normalized spacial score (nSPS) is 38.9. The van der Waals surface area contributed by atoms with Crippen LogP contribution in [0.3, 0.4) is 0 Å². The average molecular weight is 589 g/mol. The van der Waals surface area contributed by atoms with Gasteiger partial charge in [-0.25, -0.2) is 0 Å².